The van der Waals surface area contributed by atoms with Gasteiger partial charge < -0.3 is 9.84 Å². The molecule has 6 heteroatoms. The maximum atomic E-state index is 12.9. The number of hydrogen-bond donors (Lipinski definition) is 1. The molecule has 0 unspecified atom stereocenters. The van der Waals surface area contributed by atoms with Gasteiger partial charge in [0.25, 0.3) is 0 Å². The number of ketones is 1. The standard InChI is InChI=1S/C21H25NO4S/c1-3-27-12-11-26-21(25)18-13(2)22-16-5-4-6-17(24)20(16)19(18)14-7-9-15(23)10-8-14/h7-10,19-20,23H,3-6,11-12H2,1-2H3/t19-,20+/m0/s1. The fourth-order valence-corrected chi connectivity index (χ4v) is 4.33. The molecule has 0 amide bonds. The minimum atomic E-state index is -0.417. The Balaban J connectivity index is 1.97. The number of Topliss-reactive ketones (excluding diaryl/α,β-unsaturated/α-hetero) is 1. The summed E-state index contributed by atoms with van der Waals surface area (Å²) in [6, 6.07) is 6.73. The number of phenols is 1. The van der Waals surface area contributed by atoms with Crippen LogP contribution in [0.2, 0.25) is 0 Å². The number of ether oxygens (including phenoxy) is 1. The maximum absolute atomic E-state index is 12.9. The highest BCUT2D eigenvalue weighted by molar-refractivity contribution is 7.99. The van der Waals surface area contributed by atoms with Gasteiger partial charge in [-0.1, -0.05) is 19.1 Å². The summed E-state index contributed by atoms with van der Waals surface area (Å²) in [6.45, 7) is 4.21. The van der Waals surface area contributed by atoms with Crippen LogP contribution in [0.5, 0.6) is 5.75 Å². The number of esters is 1. The SMILES string of the molecule is CCSCCOC(=O)C1=C(C)N=C2CCCC(=O)[C@@H]2[C@H]1c1ccc(O)cc1. The van der Waals surface area contributed by atoms with Crippen molar-refractivity contribution in [3.05, 3.63) is 41.1 Å². The summed E-state index contributed by atoms with van der Waals surface area (Å²) < 4.78 is 5.50. The van der Waals surface area contributed by atoms with Crippen LogP contribution < -0.4 is 0 Å². The lowest BCUT2D eigenvalue weighted by atomic mass is 9.69. The van der Waals surface area contributed by atoms with Gasteiger partial charge in [-0.3, -0.25) is 9.79 Å². The number of aromatic hydroxyl groups is 1. The Bertz CT molecular complexity index is 782. The van der Waals surface area contributed by atoms with Gasteiger partial charge in [0, 0.05) is 29.5 Å². The zero-order valence-corrected chi connectivity index (χ0v) is 16.6. The lowest BCUT2D eigenvalue weighted by molar-refractivity contribution is -0.139. The first kappa shape index (κ1) is 19.7. The molecule has 1 heterocycles. The van der Waals surface area contributed by atoms with Gasteiger partial charge in [0.15, 0.2) is 0 Å². The van der Waals surface area contributed by atoms with E-state index in [9.17, 15) is 14.7 Å². The summed E-state index contributed by atoms with van der Waals surface area (Å²) in [5.41, 5.74) is 2.78. The van der Waals surface area contributed by atoms with Crippen molar-refractivity contribution in [3.63, 3.8) is 0 Å². The third kappa shape index (κ3) is 4.26. The van der Waals surface area contributed by atoms with Gasteiger partial charge in [0.2, 0.25) is 0 Å². The van der Waals surface area contributed by atoms with Gasteiger partial charge >= 0.3 is 5.97 Å². The molecule has 0 radical (unpaired) electrons. The number of nitrogens with zero attached hydrogens (tertiary/aromatic N) is 1. The quantitative estimate of drug-likeness (QED) is 0.592. The number of thioether (sulfide) groups is 1. The Kier molecular flexibility index (Phi) is 6.37. The molecule has 2 aliphatic rings. The Labute approximate surface area is 163 Å². The molecule has 0 bridgehead atoms. The summed E-state index contributed by atoms with van der Waals surface area (Å²) in [5.74, 6) is 0.770. The Morgan fingerprint density at radius 1 is 1.26 bits per heavy atom. The number of carbonyl (C=O) groups excluding carboxylic acids is 2. The molecule has 144 valence electrons. The molecule has 1 aliphatic heterocycles. The summed E-state index contributed by atoms with van der Waals surface area (Å²) in [6.07, 6.45) is 2.09. The molecule has 1 aromatic rings. The molecule has 1 aliphatic carbocycles. The first-order valence-corrected chi connectivity index (χ1v) is 10.5. The molecular formula is C21H25NO4S. The van der Waals surface area contributed by atoms with Crippen molar-refractivity contribution in [1.29, 1.82) is 0 Å². The number of aliphatic imine (C=N–C) groups is 1. The summed E-state index contributed by atoms with van der Waals surface area (Å²) in [5, 5.41) is 9.64. The van der Waals surface area contributed by atoms with E-state index in [1.807, 2.05) is 6.92 Å². The molecular weight excluding hydrogens is 362 g/mol. The van der Waals surface area contributed by atoms with Gasteiger partial charge in [-0.25, -0.2) is 4.79 Å². The monoisotopic (exact) mass is 387 g/mol. The second-order valence-electron chi connectivity index (χ2n) is 6.80. The molecule has 1 saturated carbocycles. The van der Waals surface area contributed by atoms with E-state index in [4.69, 9.17) is 4.74 Å². The Morgan fingerprint density at radius 3 is 2.70 bits per heavy atom. The molecule has 0 spiro atoms. The van der Waals surface area contributed by atoms with Crippen LogP contribution in [-0.2, 0) is 14.3 Å². The molecule has 3 rings (SSSR count). The van der Waals surface area contributed by atoms with Crippen LogP contribution in [0.15, 0.2) is 40.5 Å². The van der Waals surface area contributed by atoms with Crippen molar-refractivity contribution < 1.29 is 19.4 Å². The first-order valence-electron chi connectivity index (χ1n) is 9.37. The predicted octanol–water partition coefficient (Wildman–Crippen LogP) is 3.87. The van der Waals surface area contributed by atoms with Crippen LogP contribution in [0.4, 0.5) is 0 Å². The van der Waals surface area contributed by atoms with Crippen molar-refractivity contribution in [3.8, 4) is 5.75 Å². The molecule has 1 aromatic carbocycles. The van der Waals surface area contributed by atoms with E-state index >= 15 is 0 Å². The molecule has 27 heavy (non-hydrogen) atoms. The highest BCUT2D eigenvalue weighted by Crippen LogP contribution is 2.43. The van der Waals surface area contributed by atoms with Crippen molar-refractivity contribution in [2.24, 2.45) is 10.9 Å². The summed E-state index contributed by atoms with van der Waals surface area (Å²) >= 11 is 1.71. The number of rotatable bonds is 6. The van der Waals surface area contributed by atoms with Crippen molar-refractivity contribution in [2.75, 3.05) is 18.1 Å². The van der Waals surface area contributed by atoms with E-state index in [0.717, 1.165) is 35.6 Å². The van der Waals surface area contributed by atoms with E-state index in [1.54, 1.807) is 36.0 Å². The number of fused-ring (bicyclic) bond motifs is 1. The molecule has 5 nitrogen and oxygen atoms in total. The van der Waals surface area contributed by atoms with Gasteiger partial charge in [-0.05, 0) is 43.2 Å². The van der Waals surface area contributed by atoms with Crippen LogP contribution in [-0.4, -0.2) is 40.7 Å². The fraction of sp³-hybridized carbons (Fsp3) is 0.476. The largest absolute Gasteiger partial charge is 0.508 e. The van der Waals surface area contributed by atoms with E-state index in [0.29, 0.717) is 24.3 Å². The number of hydrogen-bond acceptors (Lipinski definition) is 6. The number of carbonyl (C=O) groups is 2. The Hall–Kier alpha value is -2.08. The second kappa shape index (κ2) is 8.74. The lowest BCUT2D eigenvalue weighted by Crippen LogP contribution is -2.39. The first-order chi connectivity index (χ1) is 13.0. The molecule has 1 fully saturated rings. The molecule has 2 atom stereocenters. The smallest absolute Gasteiger partial charge is 0.336 e. The number of phenolic OH excluding ortho intramolecular Hbond substituents is 1. The van der Waals surface area contributed by atoms with Gasteiger partial charge in [0.1, 0.15) is 18.1 Å². The van der Waals surface area contributed by atoms with E-state index in [2.05, 4.69) is 11.9 Å². The van der Waals surface area contributed by atoms with Gasteiger partial charge in [-0.2, -0.15) is 11.8 Å². The Morgan fingerprint density at radius 2 is 2.00 bits per heavy atom. The van der Waals surface area contributed by atoms with Crippen LogP contribution in [0.3, 0.4) is 0 Å². The predicted molar refractivity (Wildman–Crippen MR) is 107 cm³/mol. The van der Waals surface area contributed by atoms with Crippen LogP contribution in [0.25, 0.3) is 0 Å². The van der Waals surface area contributed by atoms with Crippen LogP contribution in [0, 0.1) is 5.92 Å². The molecule has 1 N–H and O–H groups in total. The topological polar surface area (TPSA) is 76.0 Å². The van der Waals surface area contributed by atoms with Crippen molar-refractivity contribution in [2.45, 2.75) is 39.0 Å². The van der Waals surface area contributed by atoms with Crippen LogP contribution in [0.1, 0.15) is 44.6 Å². The average molecular weight is 388 g/mol. The van der Waals surface area contributed by atoms with Crippen molar-refractivity contribution >= 4 is 29.2 Å². The minimum absolute atomic E-state index is 0.123. The zero-order valence-electron chi connectivity index (χ0n) is 15.7. The summed E-state index contributed by atoms with van der Waals surface area (Å²) in [4.78, 5) is 30.2. The van der Waals surface area contributed by atoms with Crippen molar-refractivity contribution in [1.82, 2.24) is 0 Å². The molecule has 0 saturated heterocycles. The fourth-order valence-electron chi connectivity index (χ4n) is 3.84. The zero-order chi connectivity index (χ0) is 19.4. The average Bonchev–Trinajstić information content (AvgIpc) is 2.65. The maximum Gasteiger partial charge on any atom is 0.336 e. The second-order valence-corrected chi connectivity index (χ2v) is 8.20. The normalized spacial score (nSPS) is 22.3. The van der Waals surface area contributed by atoms with E-state index < -0.39 is 17.8 Å². The third-order valence-corrected chi connectivity index (χ3v) is 5.91. The highest BCUT2D eigenvalue weighted by Gasteiger charge is 2.43. The number of allylic oxidation sites excluding steroid dienone is 1. The molecule has 0 aromatic heterocycles. The number of benzene rings is 1. The lowest BCUT2D eigenvalue weighted by Gasteiger charge is -2.35. The van der Waals surface area contributed by atoms with Crippen LogP contribution >= 0.6 is 11.8 Å². The minimum Gasteiger partial charge on any atom is -0.508 e. The van der Waals surface area contributed by atoms with E-state index in [-0.39, 0.29) is 11.5 Å². The van der Waals surface area contributed by atoms with Gasteiger partial charge in [-0.15, -0.1) is 0 Å². The van der Waals surface area contributed by atoms with E-state index in [1.165, 1.54) is 0 Å². The third-order valence-electron chi connectivity index (χ3n) is 5.04. The van der Waals surface area contributed by atoms with Gasteiger partial charge in [0.05, 0.1) is 11.5 Å². The highest BCUT2D eigenvalue weighted by atomic mass is 32.2. The summed E-state index contributed by atoms with van der Waals surface area (Å²) in [7, 11) is 0.